The highest BCUT2D eigenvalue weighted by atomic mass is 79.9. The molecule has 2 nitrogen and oxygen atoms in total. The topological polar surface area (TPSA) is 38.9 Å². The Balaban J connectivity index is 2.33. The normalized spacial score (nSPS) is 12.5. The highest BCUT2D eigenvalue weighted by molar-refractivity contribution is 9.10. The summed E-state index contributed by atoms with van der Waals surface area (Å²) in [5, 5.41) is 0. The molecule has 1 aromatic carbocycles. The molecule has 2 aromatic rings. The third-order valence-corrected chi connectivity index (χ3v) is 3.09. The molecule has 0 saturated carbocycles. The number of halogens is 2. The number of nitrogens with zero attached hydrogens (tertiary/aromatic N) is 1. The largest absolute Gasteiger partial charge is 0.319 e. The van der Waals surface area contributed by atoms with Crippen LogP contribution in [-0.4, -0.2) is 4.98 Å². The van der Waals surface area contributed by atoms with Crippen molar-refractivity contribution in [2.75, 3.05) is 0 Å². The number of benzene rings is 1. The lowest BCUT2D eigenvalue weighted by molar-refractivity contribution is 0.614. The Kier molecular flexibility index (Phi) is 3.54. The molecule has 2 rings (SSSR count). The molecule has 1 unspecified atom stereocenters. The maximum atomic E-state index is 13.4. The first kappa shape index (κ1) is 12.2. The van der Waals surface area contributed by atoms with Crippen LogP contribution < -0.4 is 5.73 Å². The van der Waals surface area contributed by atoms with E-state index in [2.05, 4.69) is 20.9 Å². The van der Waals surface area contributed by atoms with Gasteiger partial charge in [-0.3, -0.25) is 4.98 Å². The minimum Gasteiger partial charge on any atom is -0.319 e. The van der Waals surface area contributed by atoms with Gasteiger partial charge in [0.25, 0.3) is 0 Å². The molecule has 0 aliphatic carbocycles. The lowest BCUT2D eigenvalue weighted by atomic mass is 10.0. The Morgan fingerprint density at radius 3 is 2.65 bits per heavy atom. The van der Waals surface area contributed by atoms with Crippen molar-refractivity contribution < 1.29 is 4.39 Å². The standard InChI is InChI=1S/C13H12BrFN2/c1-8-2-3-9(6-11(8)15)13(16)12-5-4-10(14)7-17-12/h2-7,13H,16H2,1H3. The SMILES string of the molecule is Cc1ccc(C(N)c2ccc(Br)cn2)cc1F. The van der Waals surface area contributed by atoms with E-state index < -0.39 is 6.04 Å². The van der Waals surface area contributed by atoms with E-state index in [1.165, 1.54) is 6.07 Å². The van der Waals surface area contributed by atoms with Gasteiger partial charge < -0.3 is 5.73 Å². The molecule has 1 atom stereocenters. The number of hydrogen-bond donors (Lipinski definition) is 1. The van der Waals surface area contributed by atoms with Crippen molar-refractivity contribution in [2.45, 2.75) is 13.0 Å². The highest BCUT2D eigenvalue weighted by Gasteiger charge is 2.11. The molecular formula is C13H12BrFN2. The summed E-state index contributed by atoms with van der Waals surface area (Å²) >= 11 is 3.31. The zero-order valence-electron chi connectivity index (χ0n) is 9.32. The number of pyridine rings is 1. The summed E-state index contributed by atoms with van der Waals surface area (Å²) in [6, 6.07) is 8.30. The van der Waals surface area contributed by atoms with E-state index in [9.17, 15) is 4.39 Å². The summed E-state index contributed by atoms with van der Waals surface area (Å²) in [6.45, 7) is 1.72. The van der Waals surface area contributed by atoms with Gasteiger partial charge in [0.2, 0.25) is 0 Å². The predicted molar refractivity (Wildman–Crippen MR) is 69.1 cm³/mol. The van der Waals surface area contributed by atoms with Gasteiger partial charge in [-0.2, -0.15) is 0 Å². The van der Waals surface area contributed by atoms with Crippen LogP contribution in [0.1, 0.15) is 22.9 Å². The fourth-order valence-corrected chi connectivity index (χ4v) is 1.78. The summed E-state index contributed by atoms with van der Waals surface area (Å²) in [7, 11) is 0. The van der Waals surface area contributed by atoms with Gasteiger partial charge in [0.05, 0.1) is 11.7 Å². The van der Waals surface area contributed by atoms with Gasteiger partial charge in [-0.1, -0.05) is 12.1 Å². The molecule has 2 N–H and O–H groups in total. The van der Waals surface area contributed by atoms with Crippen molar-refractivity contribution in [3.63, 3.8) is 0 Å². The Hall–Kier alpha value is -1.26. The van der Waals surface area contributed by atoms with Crippen LogP contribution in [0.3, 0.4) is 0 Å². The Morgan fingerprint density at radius 1 is 1.29 bits per heavy atom. The van der Waals surface area contributed by atoms with E-state index in [-0.39, 0.29) is 5.82 Å². The zero-order valence-corrected chi connectivity index (χ0v) is 10.9. The number of nitrogens with two attached hydrogens (primary N) is 1. The summed E-state index contributed by atoms with van der Waals surface area (Å²) in [6.07, 6.45) is 1.68. The second kappa shape index (κ2) is 4.94. The quantitative estimate of drug-likeness (QED) is 0.923. The first-order valence-electron chi connectivity index (χ1n) is 5.21. The average Bonchev–Trinajstić information content (AvgIpc) is 2.33. The van der Waals surface area contributed by atoms with Crippen molar-refractivity contribution in [3.8, 4) is 0 Å². The van der Waals surface area contributed by atoms with E-state index in [4.69, 9.17) is 5.73 Å². The van der Waals surface area contributed by atoms with Gasteiger partial charge in [-0.05, 0) is 52.2 Å². The molecule has 88 valence electrons. The fourth-order valence-electron chi connectivity index (χ4n) is 1.54. The third kappa shape index (κ3) is 2.70. The predicted octanol–water partition coefficient (Wildman–Crippen LogP) is 3.34. The summed E-state index contributed by atoms with van der Waals surface area (Å²) in [5.41, 5.74) is 8.10. The summed E-state index contributed by atoms with van der Waals surface area (Å²) in [4.78, 5) is 4.21. The molecule has 4 heteroatoms. The van der Waals surface area contributed by atoms with E-state index in [0.29, 0.717) is 5.56 Å². The van der Waals surface area contributed by atoms with E-state index in [0.717, 1.165) is 15.7 Å². The van der Waals surface area contributed by atoms with Gasteiger partial charge >= 0.3 is 0 Å². The molecule has 0 bridgehead atoms. The smallest absolute Gasteiger partial charge is 0.126 e. The molecule has 0 spiro atoms. The van der Waals surface area contributed by atoms with Crippen LogP contribution in [0.15, 0.2) is 41.0 Å². The van der Waals surface area contributed by atoms with Crippen LogP contribution in [0.4, 0.5) is 4.39 Å². The zero-order chi connectivity index (χ0) is 12.4. The minimum absolute atomic E-state index is 0.241. The van der Waals surface area contributed by atoms with Gasteiger partial charge in [0.15, 0.2) is 0 Å². The minimum atomic E-state index is -0.404. The van der Waals surface area contributed by atoms with Crippen molar-refractivity contribution >= 4 is 15.9 Å². The summed E-state index contributed by atoms with van der Waals surface area (Å²) in [5.74, 6) is -0.241. The maximum Gasteiger partial charge on any atom is 0.126 e. The third-order valence-electron chi connectivity index (χ3n) is 2.62. The van der Waals surface area contributed by atoms with E-state index >= 15 is 0 Å². The van der Waals surface area contributed by atoms with Gasteiger partial charge in [-0.25, -0.2) is 4.39 Å². The lowest BCUT2D eigenvalue weighted by Crippen LogP contribution is -2.13. The van der Waals surface area contributed by atoms with Crippen molar-refractivity contribution in [3.05, 3.63) is 63.6 Å². The molecule has 0 amide bonds. The van der Waals surface area contributed by atoms with Crippen LogP contribution in [0.2, 0.25) is 0 Å². The average molecular weight is 295 g/mol. The number of rotatable bonds is 2. The molecule has 0 aliphatic heterocycles. The molecule has 0 fully saturated rings. The second-order valence-corrected chi connectivity index (χ2v) is 4.80. The van der Waals surface area contributed by atoms with Crippen LogP contribution in [0.25, 0.3) is 0 Å². The Morgan fingerprint density at radius 2 is 2.06 bits per heavy atom. The van der Waals surface area contributed by atoms with E-state index in [1.807, 2.05) is 18.2 Å². The molecule has 0 aliphatic rings. The molecule has 1 aromatic heterocycles. The molecule has 17 heavy (non-hydrogen) atoms. The van der Waals surface area contributed by atoms with Crippen molar-refractivity contribution in [2.24, 2.45) is 5.73 Å². The number of aromatic nitrogens is 1. The van der Waals surface area contributed by atoms with Crippen LogP contribution >= 0.6 is 15.9 Å². The van der Waals surface area contributed by atoms with Crippen LogP contribution in [0.5, 0.6) is 0 Å². The van der Waals surface area contributed by atoms with E-state index in [1.54, 1.807) is 19.2 Å². The first-order valence-corrected chi connectivity index (χ1v) is 6.00. The molecule has 0 saturated heterocycles. The molecule has 0 radical (unpaired) electrons. The van der Waals surface area contributed by atoms with Crippen molar-refractivity contribution in [1.29, 1.82) is 0 Å². The van der Waals surface area contributed by atoms with Gasteiger partial charge in [-0.15, -0.1) is 0 Å². The maximum absolute atomic E-state index is 13.4. The lowest BCUT2D eigenvalue weighted by Gasteiger charge is -2.12. The molecular weight excluding hydrogens is 283 g/mol. The Labute approximate surface area is 108 Å². The Bertz CT molecular complexity index is 525. The van der Waals surface area contributed by atoms with Gasteiger partial charge in [0.1, 0.15) is 5.82 Å². The van der Waals surface area contributed by atoms with Crippen LogP contribution in [-0.2, 0) is 0 Å². The number of hydrogen-bond acceptors (Lipinski definition) is 2. The second-order valence-electron chi connectivity index (χ2n) is 3.89. The fraction of sp³-hybridized carbons (Fsp3) is 0.154. The van der Waals surface area contributed by atoms with Crippen molar-refractivity contribution in [1.82, 2.24) is 4.98 Å². The summed E-state index contributed by atoms with van der Waals surface area (Å²) < 4.78 is 14.3. The van der Waals surface area contributed by atoms with Crippen LogP contribution in [0, 0.1) is 12.7 Å². The number of aryl methyl sites for hydroxylation is 1. The first-order chi connectivity index (χ1) is 8.08. The monoisotopic (exact) mass is 294 g/mol. The highest BCUT2D eigenvalue weighted by Crippen LogP contribution is 2.21. The molecule has 1 heterocycles. The van der Waals surface area contributed by atoms with Gasteiger partial charge in [0, 0.05) is 10.7 Å².